The van der Waals surface area contributed by atoms with Gasteiger partial charge in [0.05, 0.1) is 13.2 Å². The van der Waals surface area contributed by atoms with E-state index in [0.29, 0.717) is 13.2 Å². The van der Waals surface area contributed by atoms with Crippen LogP contribution in [0, 0.1) is 0 Å². The third-order valence-electron chi connectivity index (χ3n) is 2.90. The first-order valence-corrected chi connectivity index (χ1v) is 7.89. The molecule has 0 radical (unpaired) electrons. The topological polar surface area (TPSA) is 40.2 Å². The van der Waals surface area contributed by atoms with Crippen LogP contribution in [-0.2, 0) is 18.9 Å². The van der Waals surface area contributed by atoms with E-state index in [9.17, 15) is 0 Å². The molecule has 0 heterocycles. The van der Waals surface area contributed by atoms with E-state index < -0.39 is 0 Å². The average Bonchev–Trinajstić information content (AvgIpc) is 2.45. The highest BCUT2D eigenvalue weighted by Gasteiger charge is 2.11. The Morgan fingerprint density at radius 1 is 0.700 bits per heavy atom. The molecule has 20 heavy (non-hydrogen) atoms. The van der Waals surface area contributed by atoms with Crippen LogP contribution in [-0.4, -0.2) is 70.5 Å². The van der Waals surface area contributed by atoms with E-state index in [0.717, 1.165) is 52.5 Å². The Morgan fingerprint density at radius 2 is 1.20 bits per heavy atom. The maximum absolute atomic E-state index is 5.57. The van der Waals surface area contributed by atoms with Crippen LogP contribution >= 0.6 is 0 Å². The van der Waals surface area contributed by atoms with Gasteiger partial charge in [-0.05, 0) is 27.7 Å². The molecule has 0 rings (SSSR count). The van der Waals surface area contributed by atoms with Crippen LogP contribution in [0.4, 0.5) is 0 Å². The van der Waals surface area contributed by atoms with Crippen molar-refractivity contribution < 1.29 is 18.9 Å². The van der Waals surface area contributed by atoms with Gasteiger partial charge in [0.25, 0.3) is 0 Å². The molecule has 0 saturated carbocycles. The summed E-state index contributed by atoms with van der Waals surface area (Å²) in [5.41, 5.74) is 0. The van der Waals surface area contributed by atoms with E-state index in [1.807, 2.05) is 27.7 Å². The molecule has 0 fully saturated rings. The van der Waals surface area contributed by atoms with Crippen molar-refractivity contribution in [3.8, 4) is 0 Å². The highest BCUT2D eigenvalue weighted by Crippen LogP contribution is 2.03. The molecule has 0 unspecified atom stereocenters. The molecule has 0 saturated heterocycles. The normalized spacial score (nSPS) is 11.7. The summed E-state index contributed by atoms with van der Waals surface area (Å²) in [5.74, 6) is 0. The van der Waals surface area contributed by atoms with E-state index >= 15 is 0 Å². The first-order valence-electron chi connectivity index (χ1n) is 7.89. The van der Waals surface area contributed by atoms with Crippen molar-refractivity contribution in [2.24, 2.45) is 0 Å². The molecule has 0 amide bonds. The summed E-state index contributed by atoms with van der Waals surface area (Å²) in [5, 5.41) is 0. The molecule has 0 atom stereocenters. The fourth-order valence-electron chi connectivity index (χ4n) is 1.89. The smallest absolute Gasteiger partial charge is 0.158 e. The second-order valence-corrected chi connectivity index (χ2v) is 4.36. The van der Waals surface area contributed by atoms with E-state index in [4.69, 9.17) is 18.9 Å². The lowest BCUT2D eigenvalue weighted by Crippen LogP contribution is -2.34. The molecule has 0 aliphatic rings. The Hall–Kier alpha value is -0.200. The van der Waals surface area contributed by atoms with Gasteiger partial charge in [-0.2, -0.15) is 0 Å². The summed E-state index contributed by atoms with van der Waals surface area (Å²) in [6.07, 6.45) is 0.770. The third kappa shape index (κ3) is 11.6. The van der Waals surface area contributed by atoms with Crippen LogP contribution in [0.15, 0.2) is 0 Å². The number of nitrogens with zero attached hydrogens (tertiary/aromatic N) is 1. The molecular formula is C15H33NO4. The molecule has 0 aromatic heterocycles. The van der Waals surface area contributed by atoms with Crippen molar-refractivity contribution in [2.45, 2.75) is 40.4 Å². The van der Waals surface area contributed by atoms with Gasteiger partial charge in [0.1, 0.15) is 0 Å². The fourth-order valence-corrected chi connectivity index (χ4v) is 1.89. The Labute approximate surface area is 124 Å². The molecule has 0 spiro atoms. The molecule has 0 aliphatic heterocycles. The van der Waals surface area contributed by atoms with Gasteiger partial charge in [0.15, 0.2) is 6.29 Å². The highest BCUT2D eigenvalue weighted by molar-refractivity contribution is 4.59. The van der Waals surface area contributed by atoms with Crippen LogP contribution < -0.4 is 0 Å². The molecule has 5 heteroatoms. The molecule has 122 valence electrons. The maximum atomic E-state index is 5.57. The maximum Gasteiger partial charge on any atom is 0.158 e. The summed E-state index contributed by atoms with van der Waals surface area (Å²) in [7, 11) is 0. The Balaban J connectivity index is 4.01. The van der Waals surface area contributed by atoms with Gasteiger partial charge < -0.3 is 18.9 Å². The Morgan fingerprint density at radius 3 is 1.60 bits per heavy atom. The number of hydrogen-bond donors (Lipinski definition) is 0. The molecule has 0 bridgehead atoms. The summed E-state index contributed by atoms with van der Waals surface area (Å²) < 4.78 is 22.0. The summed E-state index contributed by atoms with van der Waals surface area (Å²) in [4.78, 5) is 2.34. The van der Waals surface area contributed by atoms with E-state index in [1.54, 1.807) is 0 Å². The number of ether oxygens (including phenoxy) is 4. The van der Waals surface area contributed by atoms with E-state index in [1.165, 1.54) is 0 Å². The van der Waals surface area contributed by atoms with Crippen LogP contribution in [0.5, 0.6) is 0 Å². The summed E-state index contributed by atoms with van der Waals surface area (Å²) in [6.45, 7) is 15.2. The van der Waals surface area contributed by atoms with Crippen molar-refractivity contribution in [3.63, 3.8) is 0 Å². The Kier molecular flexibility index (Phi) is 15.0. The highest BCUT2D eigenvalue weighted by atomic mass is 16.7. The van der Waals surface area contributed by atoms with E-state index in [2.05, 4.69) is 4.90 Å². The van der Waals surface area contributed by atoms with E-state index in [-0.39, 0.29) is 6.29 Å². The van der Waals surface area contributed by atoms with Gasteiger partial charge in [-0.3, -0.25) is 4.90 Å². The van der Waals surface area contributed by atoms with Crippen molar-refractivity contribution in [2.75, 3.05) is 59.3 Å². The minimum Gasteiger partial charge on any atom is -0.380 e. The lowest BCUT2D eigenvalue weighted by molar-refractivity contribution is -0.142. The average molecular weight is 291 g/mol. The zero-order chi connectivity index (χ0) is 15.1. The lowest BCUT2D eigenvalue weighted by Gasteiger charge is -2.25. The summed E-state index contributed by atoms with van der Waals surface area (Å²) in [6, 6.07) is 0. The van der Waals surface area contributed by atoms with Crippen LogP contribution in [0.1, 0.15) is 34.1 Å². The van der Waals surface area contributed by atoms with Crippen molar-refractivity contribution >= 4 is 0 Å². The van der Waals surface area contributed by atoms with Gasteiger partial charge in [0, 0.05) is 52.5 Å². The number of hydrogen-bond acceptors (Lipinski definition) is 5. The summed E-state index contributed by atoms with van der Waals surface area (Å²) >= 11 is 0. The predicted octanol–water partition coefficient (Wildman–Crippen LogP) is 2.15. The third-order valence-corrected chi connectivity index (χ3v) is 2.90. The predicted molar refractivity (Wildman–Crippen MR) is 81.1 cm³/mol. The van der Waals surface area contributed by atoms with Crippen molar-refractivity contribution in [3.05, 3.63) is 0 Å². The SMILES string of the molecule is CCOCCN(CCOCC)CCC(OCC)OCC. The van der Waals surface area contributed by atoms with Gasteiger partial charge in [-0.1, -0.05) is 0 Å². The van der Waals surface area contributed by atoms with Crippen LogP contribution in [0.25, 0.3) is 0 Å². The molecule has 0 aromatic carbocycles. The first-order chi connectivity index (χ1) is 9.78. The van der Waals surface area contributed by atoms with Gasteiger partial charge in [0.2, 0.25) is 0 Å². The minimum absolute atomic E-state index is 0.105. The van der Waals surface area contributed by atoms with Gasteiger partial charge >= 0.3 is 0 Å². The lowest BCUT2D eigenvalue weighted by atomic mass is 10.3. The standard InChI is InChI=1S/C15H33NO4/c1-5-17-13-11-16(12-14-18-6-2)10-9-15(19-7-3)20-8-4/h15H,5-14H2,1-4H3. The molecular weight excluding hydrogens is 258 g/mol. The van der Waals surface area contributed by atoms with Crippen molar-refractivity contribution in [1.29, 1.82) is 0 Å². The zero-order valence-corrected chi connectivity index (χ0v) is 13.7. The fraction of sp³-hybridized carbons (Fsp3) is 1.00. The molecule has 0 aliphatic carbocycles. The second kappa shape index (κ2) is 15.2. The van der Waals surface area contributed by atoms with Crippen molar-refractivity contribution in [1.82, 2.24) is 4.90 Å². The number of rotatable bonds is 15. The molecule has 0 aromatic rings. The minimum atomic E-state index is -0.105. The molecule has 5 nitrogen and oxygen atoms in total. The van der Waals surface area contributed by atoms with Gasteiger partial charge in [-0.25, -0.2) is 0 Å². The van der Waals surface area contributed by atoms with Gasteiger partial charge in [-0.15, -0.1) is 0 Å². The quantitative estimate of drug-likeness (QED) is 0.341. The second-order valence-electron chi connectivity index (χ2n) is 4.36. The van der Waals surface area contributed by atoms with Crippen LogP contribution in [0.3, 0.4) is 0 Å². The largest absolute Gasteiger partial charge is 0.380 e. The molecule has 0 N–H and O–H groups in total. The monoisotopic (exact) mass is 291 g/mol. The zero-order valence-electron chi connectivity index (χ0n) is 13.7. The Bertz CT molecular complexity index is 177. The first kappa shape index (κ1) is 19.8. The van der Waals surface area contributed by atoms with Crippen LogP contribution in [0.2, 0.25) is 0 Å².